The molecule has 2 heterocycles. The van der Waals surface area contributed by atoms with E-state index in [1.54, 1.807) is 0 Å². The largest absolute Gasteiger partial charge is 0.490 e. The maximum Gasteiger partial charge on any atom is 0.165 e. The molecule has 2 aliphatic rings. The first-order valence-corrected chi connectivity index (χ1v) is 7.52. The van der Waals surface area contributed by atoms with Crippen LogP contribution in [-0.4, -0.2) is 42.2 Å². The zero-order chi connectivity index (χ0) is 15.0. The summed E-state index contributed by atoms with van der Waals surface area (Å²) in [6.07, 6.45) is 0.725. The number of nitrogens with zero attached hydrogens (tertiary/aromatic N) is 1. The molecule has 1 aromatic carbocycles. The van der Waals surface area contributed by atoms with Crippen LogP contribution >= 0.6 is 12.4 Å². The molecule has 5 nitrogen and oxygen atoms in total. The topological polar surface area (TPSA) is 51.2 Å². The Morgan fingerprint density at radius 1 is 1.41 bits per heavy atom. The molecule has 0 saturated carbocycles. The highest BCUT2D eigenvalue weighted by atomic mass is 35.5. The van der Waals surface area contributed by atoms with Gasteiger partial charge >= 0.3 is 0 Å². The molecule has 1 N–H and O–H groups in total. The van der Waals surface area contributed by atoms with Crippen molar-refractivity contribution >= 4 is 12.4 Å². The van der Waals surface area contributed by atoms with Crippen LogP contribution in [0.15, 0.2) is 12.1 Å². The molecule has 22 heavy (non-hydrogen) atoms. The lowest BCUT2D eigenvalue weighted by atomic mass is 9.98. The molecule has 0 amide bonds. The van der Waals surface area contributed by atoms with E-state index in [1.165, 1.54) is 5.06 Å². The third-order valence-corrected chi connectivity index (χ3v) is 3.87. The van der Waals surface area contributed by atoms with Crippen molar-refractivity contribution in [3.05, 3.63) is 23.3 Å². The van der Waals surface area contributed by atoms with E-state index in [0.29, 0.717) is 26.3 Å². The van der Waals surface area contributed by atoms with E-state index in [1.807, 2.05) is 13.0 Å². The molecule has 0 aliphatic carbocycles. The number of hydrogen-bond donors (Lipinski definition) is 1. The molecule has 1 fully saturated rings. The Labute approximate surface area is 137 Å². The number of hydroxylamine groups is 2. The van der Waals surface area contributed by atoms with Crippen LogP contribution in [0.5, 0.6) is 11.5 Å². The molecule has 6 heteroatoms. The summed E-state index contributed by atoms with van der Waals surface area (Å²) in [6, 6.07) is 4.10. The fourth-order valence-corrected chi connectivity index (χ4v) is 2.99. The number of hydrogen-bond acceptors (Lipinski definition) is 5. The van der Waals surface area contributed by atoms with Crippen LogP contribution in [0.4, 0.5) is 0 Å². The van der Waals surface area contributed by atoms with E-state index < -0.39 is 0 Å². The maximum absolute atomic E-state index is 9.69. The van der Waals surface area contributed by atoms with Gasteiger partial charge < -0.3 is 19.4 Å². The van der Waals surface area contributed by atoms with Gasteiger partial charge in [0.1, 0.15) is 5.60 Å². The second kappa shape index (κ2) is 6.62. The van der Waals surface area contributed by atoms with Crippen molar-refractivity contribution in [2.24, 2.45) is 0 Å². The minimum absolute atomic E-state index is 0. The summed E-state index contributed by atoms with van der Waals surface area (Å²) in [4.78, 5) is 0. The van der Waals surface area contributed by atoms with E-state index in [9.17, 15) is 5.21 Å². The molecule has 1 atom stereocenters. The summed E-state index contributed by atoms with van der Waals surface area (Å²) in [5, 5.41) is 11.0. The lowest BCUT2D eigenvalue weighted by Crippen LogP contribution is -2.35. The number of rotatable bonds is 3. The highest BCUT2D eigenvalue weighted by molar-refractivity contribution is 5.85. The van der Waals surface area contributed by atoms with Gasteiger partial charge in [0, 0.05) is 18.5 Å². The van der Waals surface area contributed by atoms with E-state index in [4.69, 9.17) is 14.2 Å². The van der Waals surface area contributed by atoms with Crippen molar-refractivity contribution in [2.45, 2.75) is 38.9 Å². The predicted octanol–water partition coefficient (Wildman–Crippen LogP) is 2.98. The monoisotopic (exact) mass is 329 g/mol. The molecule has 1 saturated heterocycles. The van der Waals surface area contributed by atoms with Gasteiger partial charge in [0.25, 0.3) is 0 Å². The minimum atomic E-state index is -0.205. The Bertz CT molecular complexity index is 535. The van der Waals surface area contributed by atoms with E-state index in [2.05, 4.69) is 19.9 Å². The van der Waals surface area contributed by atoms with Crippen molar-refractivity contribution in [3.63, 3.8) is 0 Å². The van der Waals surface area contributed by atoms with Crippen LogP contribution in [0.25, 0.3) is 0 Å². The second-order valence-electron chi connectivity index (χ2n) is 6.25. The number of ether oxygens (including phenoxy) is 3. The Morgan fingerprint density at radius 2 is 2.18 bits per heavy atom. The molecule has 1 aromatic rings. The Hall–Kier alpha value is -1.01. The van der Waals surface area contributed by atoms with E-state index >= 15 is 0 Å². The van der Waals surface area contributed by atoms with Crippen molar-refractivity contribution in [1.29, 1.82) is 0 Å². The maximum atomic E-state index is 9.69. The zero-order valence-corrected chi connectivity index (χ0v) is 14.1. The Kier molecular flexibility index (Phi) is 5.22. The summed E-state index contributed by atoms with van der Waals surface area (Å²) in [6.45, 7) is 8.28. The molecule has 0 bridgehead atoms. The summed E-state index contributed by atoms with van der Waals surface area (Å²) < 4.78 is 17.5. The van der Waals surface area contributed by atoms with Gasteiger partial charge in [-0.05, 0) is 38.5 Å². The van der Waals surface area contributed by atoms with Gasteiger partial charge in [-0.2, -0.15) is 5.06 Å². The number of morpholine rings is 1. The van der Waals surface area contributed by atoms with E-state index in [0.717, 1.165) is 29.0 Å². The fraction of sp³-hybridized carbons (Fsp3) is 0.625. The second-order valence-corrected chi connectivity index (χ2v) is 6.25. The Morgan fingerprint density at radius 3 is 2.86 bits per heavy atom. The van der Waals surface area contributed by atoms with Gasteiger partial charge in [0.05, 0.1) is 25.9 Å². The Balaban J connectivity index is 0.00000176. The summed E-state index contributed by atoms with van der Waals surface area (Å²) in [5.74, 6) is 1.62. The smallest absolute Gasteiger partial charge is 0.165 e. The van der Waals surface area contributed by atoms with Crippen LogP contribution in [0, 0.1) is 0 Å². The number of fused-ring (bicyclic) bond motifs is 1. The van der Waals surface area contributed by atoms with Gasteiger partial charge in [0.2, 0.25) is 0 Å². The van der Waals surface area contributed by atoms with Gasteiger partial charge in [-0.25, -0.2) is 0 Å². The number of benzene rings is 1. The minimum Gasteiger partial charge on any atom is -0.490 e. The average Bonchev–Trinajstić information content (AvgIpc) is 2.73. The number of halogens is 1. The third kappa shape index (κ3) is 3.49. The van der Waals surface area contributed by atoms with Crippen LogP contribution in [0.2, 0.25) is 0 Å². The lowest BCUT2D eigenvalue weighted by Gasteiger charge is -2.29. The first-order valence-electron chi connectivity index (χ1n) is 7.52. The summed E-state index contributed by atoms with van der Waals surface area (Å²) in [7, 11) is 0. The van der Waals surface area contributed by atoms with Gasteiger partial charge in [-0.15, -0.1) is 12.4 Å². The lowest BCUT2D eigenvalue weighted by molar-refractivity contribution is -0.170. The molecule has 124 valence electrons. The first-order chi connectivity index (χ1) is 9.98. The molecule has 0 aromatic heterocycles. The standard InChI is InChI=1S/C16H23NO4.ClH/c1-4-19-13-8-11(14-10-17(18)5-6-20-14)7-12-9-16(2,3)21-15(12)13;/h7-8,14,18H,4-6,9-10H2,1-3H3;1H. The van der Waals surface area contributed by atoms with Crippen molar-refractivity contribution in [1.82, 2.24) is 5.06 Å². The van der Waals surface area contributed by atoms with Crippen molar-refractivity contribution in [2.75, 3.05) is 26.3 Å². The molecule has 0 spiro atoms. The molecule has 1 unspecified atom stereocenters. The molecule has 2 aliphatic heterocycles. The molecule has 0 radical (unpaired) electrons. The highest BCUT2D eigenvalue weighted by Crippen LogP contribution is 2.44. The van der Waals surface area contributed by atoms with E-state index in [-0.39, 0.29) is 24.1 Å². The van der Waals surface area contributed by atoms with Gasteiger partial charge in [-0.1, -0.05) is 0 Å². The van der Waals surface area contributed by atoms with Crippen LogP contribution < -0.4 is 9.47 Å². The third-order valence-electron chi connectivity index (χ3n) is 3.87. The van der Waals surface area contributed by atoms with Gasteiger partial charge in [0.15, 0.2) is 11.5 Å². The normalized spacial score (nSPS) is 23.4. The van der Waals surface area contributed by atoms with Crippen LogP contribution in [-0.2, 0) is 11.2 Å². The van der Waals surface area contributed by atoms with Crippen LogP contribution in [0.3, 0.4) is 0 Å². The fourth-order valence-electron chi connectivity index (χ4n) is 2.99. The molecular weight excluding hydrogens is 306 g/mol. The molecule has 3 rings (SSSR count). The summed E-state index contributed by atoms with van der Waals surface area (Å²) in [5.41, 5.74) is 1.99. The first kappa shape index (κ1) is 17.3. The summed E-state index contributed by atoms with van der Waals surface area (Å²) >= 11 is 0. The molecular formula is C16H24ClNO4. The van der Waals surface area contributed by atoms with Gasteiger partial charge in [-0.3, -0.25) is 0 Å². The van der Waals surface area contributed by atoms with Crippen molar-refractivity contribution in [3.8, 4) is 11.5 Å². The quantitative estimate of drug-likeness (QED) is 0.924. The van der Waals surface area contributed by atoms with Crippen LogP contribution in [0.1, 0.15) is 38.0 Å². The zero-order valence-electron chi connectivity index (χ0n) is 13.3. The average molecular weight is 330 g/mol. The van der Waals surface area contributed by atoms with Crippen molar-refractivity contribution < 1.29 is 19.4 Å². The SMILES string of the molecule is CCOc1cc(C2CN(O)CCO2)cc2c1OC(C)(C)C2.Cl. The predicted molar refractivity (Wildman–Crippen MR) is 85.3 cm³/mol. The highest BCUT2D eigenvalue weighted by Gasteiger charge is 2.34.